The van der Waals surface area contributed by atoms with E-state index in [1.165, 1.54) is 13.4 Å². The first kappa shape index (κ1) is 16.5. The molecule has 0 bridgehead atoms. The SMILES string of the molecule is COc1cc2c(Nc3cccc(C)c3)ncnc2cc1OCC(=O)O. The summed E-state index contributed by atoms with van der Waals surface area (Å²) in [6.07, 6.45) is 1.44. The van der Waals surface area contributed by atoms with Crippen LogP contribution in [0.3, 0.4) is 0 Å². The highest BCUT2D eigenvalue weighted by Gasteiger charge is 2.13. The topological polar surface area (TPSA) is 93.6 Å². The van der Waals surface area contributed by atoms with E-state index in [9.17, 15) is 4.79 Å². The monoisotopic (exact) mass is 339 g/mol. The second-order valence-corrected chi connectivity index (χ2v) is 5.42. The molecule has 2 aromatic carbocycles. The lowest BCUT2D eigenvalue weighted by atomic mass is 10.2. The van der Waals surface area contributed by atoms with E-state index in [1.54, 1.807) is 12.1 Å². The number of carbonyl (C=O) groups is 1. The third kappa shape index (κ3) is 3.77. The average Bonchev–Trinajstić information content (AvgIpc) is 2.59. The average molecular weight is 339 g/mol. The molecule has 3 rings (SSSR count). The van der Waals surface area contributed by atoms with Gasteiger partial charge in [-0.1, -0.05) is 12.1 Å². The predicted octanol–water partition coefficient (Wildman–Crippen LogP) is 3.15. The number of aryl methyl sites for hydroxylation is 1. The minimum absolute atomic E-state index is 0.317. The van der Waals surface area contributed by atoms with Crippen LogP contribution in [0.4, 0.5) is 11.5 Å². The predicted molar refractivity (Wildman–Crippen MR) is 93.7 cm³/mol. The first-order chi connectivity index (χ1) is 12.1. The standard InChI is InChI=1S/C18H17N3O4/c1-11-4-3-5-12(6-11)21-18-13-7-15(24-2)16(25-9-17(22)23)8-14(13)19-10-20-18/h3-8,10H,9H2,1-2H3,(H,22,23)(H,19,20,21). The van der Waals surface area contributed by atoms with Crippen LogP contribution < -0.4 is 14.8 Å². The molecule has 7 nitrogen and oxygen atoms in total. The number of methoxy groups -OCH3 is 1. The van der Waals surface area contributed by atoms with Crippen molar-refractivity contribution in [2.45, 2.75) is 6.92 Å². The molecule has 0 saturated heterocycles. The Bertz CT molecular complexity index is 927. The molecule has 0 aliphatic heterocycles. The van der Waals surface area contributed by atoms with Crippen LogP contribution in [0.5, 0.6) is 11.5 Å². The molecular formula is C18H17N3O4. The van der Waals surface area contributed by atoms with Gasteiger partial charge >= 0.3 is 5.97 Å². The second kappa shape index (κ2) is 7.04. The highest BCUT2D eigenvalue weighted by molar-refractivity contribution is 5.93. The summed E-state index contributed by atoms with van der Waals surface area (Å²) in [5.74, 6) is 0.291. The number of aliphatic carboxylic acids is 1. The van der Waals surface area contributed by atoms with Gasteiger partial charge in [0, 0.05) is 17.1 Å². The Labute approximate surface area is 144 Å². The Kier molecular flexibility index (Phi) is 4.65. The molecule has 0 fully saturated rings. The number of anilines is 2. The molecular weight excluding hydrogens is 322 g/mol. The Hall–Kier alpha value is -3.35. The fraction of sp³-hybridized carbons (Fsp3) is 0.167. The van der Waals surface area contributed by atoms with Gasteiger partial charge in [0.25, 0.3) is 0 Å². The summed E-state index contributed by atoms with van der Waals surface area (Å²) in [5, 5.41) is 12.8. The summed E-state index contributed by atoms with van der Waals surface area (Å²) in [5.41, 5.74) is 2.65. The molecule has 0 saturated carbocycles. The molecule has 3 aromatic rings. The van der Waals surface area contributed by atoms with E-state index in [0.717, 1.165) is 16.6 Å². The van der Waals surface area contributed by atoms with E-state index in [-0.39, 0.29) is 0 Å². The minimum Gasteiger partial charge on any atom is -0.493 e. The molecule has 0 atom stereocenters. The van der Waals surface area contributed by atoms with Crippen molar-refractivity contribution < 1.29 is 19.4 Å². The molecule has 0 amide bonds. The van der Waals surface area contributed by atoms with Crippen molar-refractivity contribution in [2.24, 2.45) is 0 Å². The quantitative estimate of drug-likeness (QED) is 0.712. The molecule has 1 aromatic heterocycles. The fourth-order valence-electron chi connectivity index (χ4n) is 2.43. The lowest BCUT2D eigenvalue weighted by molar-refractivity contribution is -0.139. The third-order valence-corrected chi connectivity index (χ3v) is 3.55. The molecule has 0 aliphatic carbocycles. The van der Waals surface area contributed by atoms with E-state index in [4.69, 9.17) is 14.6 Å². The van der Waals surface area contributed by atoms with Crippen molar-refractivity contribution in [1.29, 1.82) is 0 Å². The van der Waals surface area contributed by atoms with E-state index in [0.29, 0.717) is 22.8 Å². The number of fused-ring (bicyclic) bond motifs is 1. The van der Waals surface area contributed by atoms with Gasteiger partial charge in [0.15, 0.2) is 18.1 Å². The summed E-state index contributed by atoms with van der Waals surface area (Å²) in [7, 11) is 1.49. The highest BCUT2D eigenvalue weighted by atomic mass is 16.5. The van der Waals surface area contributed by atoms with Gasteiger partial charge in [-0.25, -0.2) is 14.8 Å². The minimum atomic E-state index is -1.06. The maximum atomic E-state index is 10.7. The molecule has 0 unspecified atom stereocenters. The fourth-order valence-corrected chi connectivity index (χ4v) is 2.43. The van der Waals surface area contributed by atoms with Gasteiger partial charge in [-0.3, -0.25) is 0 Å². The van der Waals surface area contributed by atoms with Crippen molar-refractivity contribution in [2.75, 3.05) is 19.0 Å². The second-order valence-electron chi connectivity index (χ2n) is 5.42. The van der Waals surface area contributed by atoms with Crippen molar-refractivity contribution in [1.82, 2.24) is 9.97 Å². The van der Waals surface area contributed by atoms with Gasteiger partial charge in [0.2, 0.25) is 0 Å². The Morgan fingerprint density at radius 3 is 2.76 bits per heavy atom. The number of hydrogen-bond acceptors (Lipinski definition) is 6. The number of carboxylic acid groups (broad SMARTS) is 1. The number of aromatic nitrogens is 2. The van der Waals surface area contributed by atoms with Crippen molar-refractivity contribution in [3.8, 4) is 11.5 Å². The number of ether oxygens (including phenoxy) is 2. The number of nitrogens with zero attached hydrogens (tertiary/aromatic N) is 2. The van der Waals surface area contributed by atoms with E-state index < -0.39 is 12.6 Å². The van der Waals surface area contributed by atoms with Gasteiger partial charge in [-0.2, -0.15) is 0 Å². The van der Waals surface area contributed by atoms with E-state index in [2.05, 4.69) is 15.3 Å². The first-order valence-corrected chi connectivity index (χ1v) is 7.58. The molecule has 1 heterocycles. The van der Waals surface area contributed by atoms with Crippen LogP contribution in [-0.2, 0) is 4.79 Å². The zero-order chi connectivity index (χ0) is 17.8. The van der Waals surface area contributed by atoms with Gasteiger partial charge in [-0.15, -0.1) is 0 Å². The number of benzene rings is 2. The Balaban J connectivity index is 2.01. The van der Waals surface area contributed by atoms with Crippen LogP contribution in [-0.4, -0.2) is 34.8 Å². The van der Waals surface area contributed by atoms with Crippen LogP contribution in [0.25, 0.3) is 10.9 Å². The van der Waals surface area contributed by atoms with Crippen LogP contribution in [0.1, 0.15) is 5.56 Å². The summed E-state index contributed by atoms with van der Waals surface area (Å²) < 4.78 is 10.6. The summed E-state index contributed by atoms with van der Waals surface area (Å²) in [4.78, 5) is 19.2. The largest absolute Gasteiger partial charge is 0.493 e. The smallest absolute Gasteiger partial charge is 0.341 e. The van der Waals surface area contributed by atoms with Crippen LogP contribution >= 0.6 is 0 Å². The molecule has 0 radical (unpaired) electrons. The van der Waals surface area contributed by atoms with Crippen LogP contribution in [0.15, 0.2) is 42.7 Å². The summed E-state index contributed by atoms with van der Waals surface area (Å²) >= 11 is 0. The molecule has 25 heavy (non-hydrogen) atoms. The van der Waals surface area contributed by atoms with Crippen LogP contribution in [0, 0.1) is 6.92 Å². The summed E-state index contributed by atoms with van der Waals surface area (Å²) in [6.45, 7) is 1.56. The molecule has 2 N–H and O–H groups in total. The Morgan fingerprint density at radius 1 is 1.20 bits per heavy atom. The zero-order valence-corrected chi connectivity index (χ0v) is 13.8. The normalized spacial score (nSPS) is 10.5. The van der Waals surface area contributed by atoms with Crippen molar-refractivity contribution in [3.63, 3.8) is 0 Å². The van der Waals surface area contributed by atoms with Gasteiger partial charge in [0.05, 0.1) is 12.6 Å². The number of nitrogens with one attached hydrogen (secondary N) is 1. The van der Waals surface area contributed by atoms with Gasteiger partial charge in [-0.05, 0) is 30.7 Å². The highest BCUT2D eigenvalue weighted by Crippen LogP contribution is 2.34. The van der Waals surface area contributed by atoms with Gasteiger partial charge < -0.3 is 19.9 Å². The maximum Gasteiger partial charge on any atom is 0.341 e. The van der Waals surface area contributed by atoms with E-state index >= 15 is 0 Å². The van der Waals surface area contributed by atoms with E-state index in [1.807, 2.05) is 31.2 Å². The third-order valence-electron chi connectivity index (χ3n) is 3.55. The first-order valence-electron chi connectivity index (χ1n) is 7.58. The van der Waals surface area contributed by atoms with Crippen LogP contribution in [0.2, 0.25) is 0 Å². The number of rotatable bonds is 6. The molecule has 128 valence electrons. The lowest BCUT2D eigenvalue weighted by Gasteiger charge is -2.13. The molecule has 0 spiro atoms. The molecule has 7 heteroatoms. The number of carboxylic acids is 1. The maximum absolute atomic E-state index is 10.7. The lowest BCUT2D eigenvalue weighted by Crippen LogP contribution is -2.10. The van der Waals surface area contributed by atoms with Crippen molar-refractivity contribution >= 4 is 28.4 Å². The van der Waals surface area contributed by atoms with Crippen molar-refractivity contribution in [3.05, 3.63) is 48.3 Å². The van der Waals surface area contributed by atoms with Gasteiger partial charge in [0.1, 0.15) is 12.1 Å². The summed E-state index contributed by atoms with van der Waals surface area (Å²) in [6, 6.07) is 11.3. The molecule has 0 aliphatic rings. The zero-order valence-electron chi connectivity index (χ0n) is 13.8. The number of hydrogen-bond donors (Lipinski definition) is 2. The Morgan fingerprint density at radius 2 is 2.04 bits per heavy atom.